The molecule has 2 aromatic rings. The lowest BCUT2D eigenvalue weighted by Crippen LogP contribution is -2.06. The second kappa shape index (κ2) is 6.17. The Morgan fingerprint density at radius 1 is 1.10 bits per heavy atom. The Morgan fingerprint density at radius 3 is 2.50 bits per heavy atom. The first-order chi connectivity index (χ1) is 9.47. The maximum atomic E-state index is 12.4. The highest BCUT2D eigenvalue weighted by Crippen LogP contribution is 2.30. The zero-order valence-electron chi connectivity index (χ0n) is 10.0. The molecule has 0 aliphatic heterocycles. The van der Waals surface area contributed by atoms with Gasteiger partial charge in [-0.25, -0.2) is 0 Å². The van der Waals surface area contributed by atoms with Crippen LogP contribution in [-0.2, 0) is 0 Å². The maximum absolute atomic E-state index is 12.4. The molecule has 0 spiro atoms. The number of hydrogen-bond donors (Lipinski definition) is 0. The third-order valence-corrected chi connectivity index (χ3v) is 3.46. The molecule has 0 fully saturated rings. The van der Waals surface area contributed by atoms with Crippen LogP contribution in [0.1, 0.15) is 16.0 Å². The predicted molar refractivity (Wildman–Crippen MR) is 76.6 cm³/mol. The van der Waals surface area contributed by atoms with E-state index in [4.69, 9.17) is 11.6 Å². The molecule has 102 valence electrons. The molecule has 1 heterocycles. The molecule has 0 nitrogen and oxygen atoms in total. The highest BCUT2D eigenvalue weighted by atomic mass is 35.5. The lowest BCUT2D eigenvalue weighted by Gasteiger charge is -2.05. The predicted octanol–water partition coefficient (Wildman–Crippen LogP) is 5.29. The Morgan fingerprint density at radius 2 is 1.85 bits per heavy atom. The number of allylic oxidation sites excluding steroid dienone is 1. The number of rotatable bonds is 1. The normalized spacial score (nSPS) is 11.9. The monoisotopic (exact) mass is 312 g/mol. The van der Waals surface area contributed by atoms with E-state index in [-0.39, 0.29) is 0 Å². The summed E-state index contributed by atoms with van der Waals surface area (Å²) >= 11 is 6.72. The van der Waals surface area contributed by atoms with Crippen molar-refractivity contribution in [3.63, 3.8) is 0 Å². The summed E-state index contributed by atoms with van der Waals surface area (Å²) in [5.74, 6) is 5.77. The topological polar surface area (TPSA) is 0 Å². The van der Waals surface area contributed by atoms with Crippen molar-refractivity contribution < 1.29 is 13.2 Å². The average Bonchev–Trinajstić information content (AvgIpc) is 2.89. The summed E-state index contributed by atoms with van der Waals surface area (Å²) < 4.78 is 37.3. The first-order valence-electron chi connectivity index (χ1n) is 5.56. The van der Waals surface area contributed by atoms with E-state index < -0.39 is 11.2 Å². The van der Waals surface area contributed by atoms with Crippen LogP contribution in [0.2, 0.25) is 0 Å². The van der Waals surface area contributed by atoms with Crippen molar-refractivity contribution in [1.29, 1.82) is 0 Å². The van der Waals surface area contributed by atoms with Crippen molar-refractivity contribution in [3.05, 3.63) is 62.8 Å². The molecular weight excluding hydrogens is 305 g/mol. The van der Waals surface area contributed by atoms with Crippen LogP contribution in [0, 0.1) is 11.8 Å². The van der Waals surface area contributed by atoms with Gasteiger partial charge in [-0.3, -0.25) is 0 Å². The van der Waals surface area contributed by atoms with Gasteiger partial charge in [-0.2, -0.15) is 13.2 Å². The van der Waals surface area contributed by atoms with Crippen molar-refractivity contribution >= 4 is 29.0 Å². The standard InChI is InChI=1S/C15H8ClF3S/c16-14(15(17,18)19)10-12-5-2-1-4-11(12)7-8-13-6-3-9-20-13/h1-6,9-10H/b14-10-. The Labute approximate surface area is 123 Å². The molecule has 0 atom stereocenters. The summed E-state index contributed by atoms with van der Waals surface area (Å²) in [4.78, 5) is 0.853. The van der Waals surface area contributed by atoms with Gasteiger partial charge in [-0.15, -0.1) is 11.3 Å². The van der Waals surface area contributed by atoms with Crippen LogP contribution in [0.4, 0.5) is 13.2 Å². The van der Waals surface area contributed by atoms with Gasteiger partial charge in [0.05, 0.1) is 4.88 Å². The molecule has 1 aromatic carbocycles. The van der Waals surface area contributed by atoms with Crippen molar-refractivity contribution in [2.24, 2.45) is 0 Å². The summed E-state index contributed by atoms with van der Waals surface area (Å²) in [6.07, 6.45) is -3.66. The highest BCUT2D eigenvalue weighted by molar-refractivity contribution is 7.10. The quantitative estimate of drug-likeness (QED) is 0.628. The fourth-order valence-corrected chi connectivity index (χ4v) is 2.12. The molecule has 20 heavy (non-hydrogen) atoms. The molecule has 0 aliphatic carbocycles. The lowest BCUT2D eigenvalue weighted by atomic mass is 10.1. The molecule has 2 rings (SSSR count). The van der Waals surface area contributed by atoms with Gasteiger partial charge in [-0.1, -0.05) is 47.7 Å². The van der Waals surface area contributed by atoms with Crippen LogP contribution in [0.15, 0.2) is 46.8 Å². The molecule has 0 radical (unpaired) electrons. The molecular formula is C15H8ClF3S. The molecule has 1 aromatic heterocycles. The summed E-state index contributed by atoms with van der Waals surface area (Å²) in [7, 11) is 0. The smallest absolute Gasteiger partial charge is 0.165 e. The fourth-order valence-electron chi connectivity index (χ4n) is 1.43. The first kappa shape index (κ1) is 14.7. The van der Waals surface area contributed by atoms with Gasteiger partial charge in [0, 0.05) is 5.56 Å². The minimum absolute atomic E-state index is 0.346. The van der Waals surface area contributed by atoms with Gasteiger partial charge in [0.2, 0.25) is 0 Å². The van der Waals surface area contributed by atoms with E-state index in [0.717, 1.165) is 11.0 Å². The summed E-state index contributed by atoms with van der Waals surface area (Å²) in [5, 5.41) is 0.721. The molecule has 0 saturated heterocycles. The summed E-state index contributed by atoms with van der Waals surface area (Å²) in [6.45, 7) is 0. The van der Waals surface area contributed by atoms with E-state index in [1.54, 1.807) is 24.3 Å². The molecule has 5 heteroatoms. The Bertz CT molecular complexity index is 673. The van der Waals surface area contributed by atoms with Crippen molar-refractivity contribution in [1.82, 2.24) is 0 Å². The van der Waals surface area contributed by atoms with E-state index in [1.165, 1.54) is 11.3 Å². The number of hydrogen-bond acceptors (Lipinski definition) is 1. The zero-order chi connectivity index (χ0) is 14.6. The molecule has 0 unspecified atom stereocenters. The Kier molecular flexibility index (Phi) is 4.53. The van der Waals surface area contributed by atoms with Crippen LogP contribution < -0.4 is 0 Å². The van der Waals surface area contributed by atoms with Gasteiger partial charge in [0.25, 0.3) is 0 Å². The van der Waals surface area contributed by atoms with E-state index in [0.29, 0.717) is 11.1 Å². The third-order valence-electron chi connectivity index (χ3n) is 2.36. The van der Waals surface area contributed by atoms with E-state index >= 15 is 0 Å². The van der Waals surface area contributed by atoms with Gasteiger partial charge in [-0.05, 0) is 29.2 Å². The Balaban J connectivity index is 2.37. The summed E-state index contributed by atoms with van der Waals surface area (Å²) in [5.41, 5.74) is 0.849. The van der Waals surface area contributed by atoms with Gasteiger partial charge < -0.3 is 0 Å². The van der Waals surface area contributed by atoms with Crippen molar-refractivity contribution in [2.75, 3.05) is 0 Å². The van der Waals surface area contributed by atoms with Crippen LogP contribution in [0.3, 0.4) is 0 Å². The second-order valence-corrected chi connectivity index (χ2v) is 5.16. The third kappa shape index (κ3) is 3.89. The number of alkyl halides is 3. The molecule has 0 N–H and O–H groups in total. The van der Waals surface area contributed by atoms with Gasteiger partial charge in [0.15, 0.2) is 0 Å². The average molecular weight is 313 g/mol. The maximum Gasteiger partial charge on any atom is 0.426 e. The van der Waals surface area contributed by atoms with E-state index in [9.17, 15) is 13.2 Å². The highest BCUT2D eigenvalue weighted by Gasteiger charge is 2.32. The van der Waals surface area contributed by atoms with Crippen LogP contribution in [0.25, 0.3) is 6.08 Å². The van der Waals surface area contributed by atoms with Crippen LogP contribution in [0.5, 0.6) is 0 Å². The van der Waals surface area contributed by atoms with Gasteiger partial charge in [0.1, 0.15) is 5.03 Å². The van der Waals surface area contributed by atoms with Gasteiger partial charge >= 0.3 is 6.18 Å². The number of benzene rings is 1. The number of thiophene rings is 1. The Hall–Kier alpha value is -1.70. The minimum atomic E-state index is -4.55. The first-order valence-corrected chi connectivity index (χ1v) is 6.81. The molecule has 0 amide bonds. The number of halogens is 4. The largest absolute Gasteiger partial charge is 0.426 e. The molecule has 0 saturated carbocycles. The second-order valence-electron chi connectivity index (χ2n) is 3.80. The molecule has 0 bridgehead atoms. The minimum Gasteiger partial charge on any atom is -0.165 e. The van der Waals surface area contributed by atoms with Crippen molar-refractivity contribution in [3.8, 4) is 11.8 Å². The lowest BCUT2D eigenvalue weighted by molar-refractivity contribution is -0.0836. The van der Waals surface area contributed by atoms with Crippen LogP contribution >= 0.6 is 22.9 Å². The van der Waals surface area contributed by atoms with Crippen LogP contribution in [-0.4, -0.2) is 6.18 Å². The van der Waals surface area contributed by atoms with E-state index in [1.807, 2.05) is 17.5 Å². The fraction of sp³-hybridized carbons (Fsp3) is 0.0667. The summed E-state index contributed by atoms with van der Waals surface area (Å²) in [6, 6.07) is 10.3. The molecule has 0 aliphatic rings. The van der Waals surface area contributed by atoms with E-state index in [2.05, 4.69) is 11.8 Å². The SMILES string of the molecule is FC(F)(F)/C(Cl)=C/c1ccccc1C#Cc1cccs1. The zero-order valence-corrected chi connectivity index (χ0v) is 11.6. The van der Waals surface area contributed by atoms with Crippen molar-refractivity contribution in [2.45, 2.75) is 6.18 Å².